The van der Waals surface area contributed by atoms with Crippen LogP contribution in [0, 0.1) is 5.92 Å². The van der Waals surface area contributed by atoms with Crippen molar-refractivity contribution in [3.8, 4) is 5.75 Å². The Balaban J connectivity index is 1.52. The molecule has 1 aromatic carbocycles. The molecule has 126 valence electrons. The van der Waals surface area contributed by atoms with Gasteiger partial charge in [0.15, 0.2) is 0 Å². The summed E-state index contributed by atoms with van der Waals surface area (Å²) in [7, 11) is 1.64. The van der Waals surface area contributed by atoms with Gasteiger partial charge in [0.1, 0.15) is 5.75 Å². The molecule has 1 heterocycles. The van der Waals surface area contributed by atoms with Crippen LogP contribution in [0.25, 0.3) is 0 Å². The molecule has 1 aromatic rings. The third kappa shape index (κ3) is 3.86. The predicted octanol–water partition coefficient (Wildman–Crippen LogP) is 3.03. The number of benzene rings is 1. The zero-order valence-corrected chi connectivity index (χ0v) is 14.3. The van der Waals surface area contributed by atoms with Crippen LogP contribution >= 0.6 is 0 Å². The zero-order valence-electron chi connectivity index (χ0n) is 14.3. The molecular weight excluding hydrogens is 288 g/mol. The van der Waals surface area contributed by atoms with E-state index in [1.54, 1.807) is 7.11 Å². The highest BCUT2D eigenvalue weighted by molar-refractivity contribution is 5.94. The van der Waals surface area contributed by atoms with E-state index < -0.39 is 0 Å². The SMILES string of the molecule is COc1ccc(C(=O)N2CCN(C3CCC(C)CC3)CC2)cc1. The third-order valence-electron chi connectivity index (χ3n) is 5.44. The van der Waals surface area contributed by atoms with E-state index in [1.807, 2.05) is 29.2 Å². The van der Waals surface area contributed by atoms with Gasteiger partial charge in [0.2, 0.25) is 0 Å². The minimum atomic E-state index is 0.143. The minimum Gasteiger partial charge on any atom is -0.497 e. The first-order chi connectivity index (χ1) is 11.2. The van der Waals surface area contributed by atoms with Crippen molar-refractivity contribution in [2.24, 2.45) is 5.92 Å². The molecule has 3 rings (SSSR count). The topological polar surface area (TPSA) is 32.8 Å². The van der Waals surface area contributed by atoms with E-state index in [0.717, 1.165) is 49.5 Å². The van der Waals surface area contributed by atoms with Crippen molar-refractivity contribution in [3.63, 3.8) is 0 Å². The fourth-order valence-corrected chi connectivity index (χ4v) is 3.81. The van der Waals surface area contributed by atoms with Gasteiger partial charge in [-0.25, -0.2) is 0 Å². The predicted molar refractivity (Wildman–Crippen MR) is 91.9 cm³/mol. The maximum atomic E-state index is 12.6. The van der Waals surface area contributed by atoms with E-state index in [0.29, 0.717) is 0 Å². The second-order valence-corrected chi connectivity index (χ2v) is 6.97. The summed E-state index contributed by atoms with van der Waals surface area (Å²) < 4.78 is 5.15. The van der Waals surface area contributed by atoms with E-state index in [9.17, 15) is 4.79 Å². The summed E-state index contributed by atoms with van der Waals surface area (Å²) in [5.74, 6) is 1.83. The Morgan fingerprint density at radius 2 is 1.61 bits per heavy atom. The average molecular weight is 316 g/mol. The highest BCUT2D eigenvalue weighted by Crippen LogP contribution is 2.27. The number of hydrogen-bond donors (Lipinski definition) is 0. The molecule has 0 radical (unpaired) electrons. The van der Waals surface area contributed by atoms with Crippen molar-refractivity contribution < 1.29 is 9.53 Å². The van der Waals surface area contributed by atoms with Crippen LogP contribution in [-0.4, -0.2) is 55.0 Å². The van der Waals surface area contributed by atoms with Crippen LogP contribution in [0.2, 0.25) is 0 Å². The van der Waals surface area contributed by atoms with Crippen molar-refractivity contribution in [1.82, 2.24) is 9.80 Å². The molecule has 2 fully saturated rings. The van der Waals surface area contributed by atoms with Crippen LogP contribution in [0.15, 0.2) is 24.3 Å². The van der Waals surface area contributed by atoms with Crippen LogP contribution in [0.4, 0.5) is 0 Å². The molecular formula is C19H28N2O2. The van der Waals surface area contributed by atoms with E-state index in [4.69, 9.17) is 4.74 Å². The molecule has 23 heavy (non-hydrogen) atoms. The van der Waals surface area contributed by atoms with Gasteiger partial charge in [-0.15, -0.1) is 0 Å². The average Bonchev–Trinajstić information content (AvgIpc) is 2.62. The summed E-state index contributed by atoms with van der Waals surface area (Å²) in [5.41, 5.74) is 0.755. The van der Waals surface area contributed by atoms with Gasteiger partial charge in [-0.05, 0) is 55.9 Å². The Morgan fingerprint density at radius 1 is 1.00 bits per heavy atom. The van der Waals surface area contributed by atoms with Crippen LogP contribution in [0.5, 0.6) is 5.75 Å². The summed E-state index contributed by atoms with van der Waals surface area (Å²) in [4.78, 5) is 17.2. The lowest BCUT2D eigenvalue weighted by Crippen LogP contribution is -2.52. The van der Waals surface area contributed by atoms with Crippen molar-refractivity contribution >= 4 is 5.91 Å². The number of carbonyl (C=O) groups excluding carboxylic acids is 1. The number of rotatable bonds is 3. The second kappa shape index (κ2) is 7.35. The molecule has 1 aliphatic heterocycles. The number of nitrogens with zero attached hydrogens (tertiary/aromatic N) is 2. The molecule has 0 N–H and O–H groups in total. The molecule has 4 heteroatoms. The monoisotopic (exact) mass is 316 g/mol. The van der Waals surface area contributed by atoms with Gasteiger partial charge in [0, 0.05) is 37.8 Å². The van der Waals surface area contributed by atoms with Crippen molar-refractivity contribution in [2.45, 2.75) is 38.6 Å². The summed E-state index contributed by atoms with van der Waals surface area (Å²) in [5, 5.41) is 0. The summed E-state index contributed by atoms with van der Waals surface area (Å²) >= 11 is 0. The standard InChI is InChI=1S/C19H28N2O2/c1-15-3-7-17(8-4-15)20-11-13-21(14-12-20)19(22)16-5-9-18(23-2)10-6-16/h5-6,9-10,15,17H,3-4,7-8,11-14H2,1-2H3. The molecule has 0 unspecified atom stereocenters. The minimum absolute atomic E-state index is 0.143. The van der Waals surface area contributed by atoms with Gasteiger partial charge in [0.05, 0.1) is 7.11 Å². The van der Waals surface area contributed by atoms with Gasteiger partial charge < -0.3 is 9.64 Å². The Kier molecular flexibility index (Phi) is 5.21. The van der Waals surface area contributed by atoms with E-state index in [1.165, 1.54) is 25.7 Å². The van der Waals surface area contributed by atoms with Gasteiger partial charge >= 0.3 is 0 Å². The number of methoxy groups -OCH3 is 1. The lowest BCUT2D eigenvalue weighted by molar-refractivity contribution is 0.0501. The van der Waals surface area contributed by atoms with Gasteiger partial charge in [0.25, 0.3) is 5.91 Å². The fourth-order valence-electron chi connectivity index (χ4n) is 3.81. The Labute approximate surface area is 139 Å². The third-order valence-corrected chi connectivity index (χ3v) is 5.44. The number of hydrogen-bond acceptors (Lipinski definition) is 3. The van der Waals surface area contributed by atoms with Crippen LogP contribution in [0.1, 0.15) is 43.0 Å². The Bertz CT molecular complexity index is 513. The summed E-state index contributed by atoms with van der Waals surface area (Å²) in [6.07, 6.45) is 5.37. The van der Waals surface area contributed by atoms with Crippen LogP contribution in [0.3, 0.4) is 0 Å². The second-order valence-electron chi connectivity index (χ2n) is 6.97. The summed E-state index contributed by atoms with van der Waals surface area (Å²) in [6, 6.07) is 8.16. The molecule has 1 saturated carbocycles. The molecule has 4 nitrogen and oxygen atoms in total. The molecule has 2 aliphatic rings. The molecule has 1 amide bonds. The Hall–Kier alpha value is -1.55. The van der Waals surface area contributed by atoms with Gasteiger partial charge in [-0.3, -0.25) is 9.69 Å². The van der Waals surface area contributed by atoms with Crippen molar-refractivity contribution in [3.05, 3.63) is 29.8 Å². The molecule has 0 atom stereocenters. The van der Waals surface area contributed by atoms with E-state index in [2.05, 4.69) is 11.8 Å². The van der Waals surface area contributed by atoms with E-state index in [-0.39, 0.29) is 5.91 Å². The highest BCUT2D eigenvalue weighted by Gasteiger charge is 2.28. The van der Waals surface area contributed by atoms with Crippen molar-refractivity contribution in [2.75, 3.05) is 33.3 Å². The summed E-state index contributed by atoms with van der Waals surface area (Å²) in [6.45, 7) is 6.08. The highest BCUT2D eigenvalue weighted by atomic mass is 16.5. The van der Waals surface area contributed by atoms with Gasteiger partial charge in [-0.1, -0.05) is 6.92 Å². The first-order valence-corrected chi connectivity index (χ1v) is 8.84. The maximum absolute atomic E-state index is 12.6. The van der Waals surface area contributed by atoms with Crippen LogP contribution < -0.4 is 4.74 Å². The quantitative estimate of drug-likeness (QED) is 0.859. The first kappa shape index (κ1) is 16.3. The smallest absolute Gasteiger partial charge is 0.253 e. The maximum Gasteiger partial charge on any atom is 0.253 e. The molecule has 0 aromatic heterocycles. The normalized spacial score (nSPS) is 26.1. The number of amides is 1. The molecule has 0 spiro atoms. The van der Waals surface area contributed by atoms with Crippen molar-refractivity contribution in [1.29, 1.82) is 0 Å². The zero-order chi connectivity index (χ0) is 16.2. The lowest BCUT2D eigenvalue weighted by atomic mass is 9.86. The lowest BCUT2D eigenvalue weighted by Gasteiger charge is -2.41. The molecule has 0 bridgehead atoms. The van der Waals surface area contributed by atoms with Gasteiger partial charge in [-0.2, -0.15) is 0 Å². The number of ether oxygens (including phenoxy) is 1. The Morgan fingerprint density at radius 3 is 2.17 bits per heavy atom. The first-order valence-electron chi connectivity index (χ1n) is 8.84. The molecule has 1 aliphatic carbocycles. The number of piperazine rings is 1. The fraction of sp³-hybridized carbons (Fsp3) is 0.632. The van der Waals surface area contributed by atoms with Crippen LogP contribution in [-0.2, 0) is 0 Å². The number of carbonyl (C=O) groups is 1. The van der Waals surface area contributed by atoms with E-state index >= 15 is 0 Å². The largest absolute Gasteiger partial charge is 0.497 e. The molecule has 1 saturated heterocycles.